The molecule has 0 aliphatic rings. The molecule has 3 aromatic rings. The summed E-state index contributed by atoms with van der Waals surface area (Å²) in [6.07, 6.45) is 17.3. The normalized spacial score (nSPS) is 12.1. The van der Waals surface area contributed by atoms with Gasteiger partial charge in [-0.05, 0) is 43.7 Å². The van der Waals surface area contributed by atoms with Gasteiger partial charge in [0.1, 0.15) is 11.6 Å². The minimum atomic E-state index is -2.10. The first kappa shape index (κ1) is 29.5. The Labute approximate surface area is 228 Å². The second-order valence-electron chi connectivity index (χ2n) is 9.67. The van der Waals surface area contributed by atoms with Crippen LogP contribution >= 0.6 is 0 Å². The summed E-state index contributed by atoms with van der Waals surface area (Å²) < 4.78 is 26.1. The van der Waals surface area contributed by atoms with Gasteiger partial charge in [-0.3, -0.25) is 19.0 Å². The number of carbonyl (C=O) groups excluding carboxylic acids is 1. The SMILES string of the molecule is Cn1ccnc1CN(CCCCCCCCCCC(=O)Nc1ccc(NS(=O)O)cc1)Cc1nccn1C. The molecular formula is C27H41N7O3S. The number of unbranched alkanes of at least 4 members (excludes halogenated alkanes) is 7. The zero-order chi connectivity index (χ0) is 27.2. The van der Waals surface area contributed by atoms with Crippen molar-refractivity contribution in [2.75, 3.05) is 16.6 Å². The molecule has 1 amide bonds. The zero-order valence-electron chi connectivity index (χ0n) is 22.5. The second-order valence-corrected chi connectivity index (χ2v) is 10.4. The largest absolute Gasteiger partial charge is 0.337 e. The smallest absolute Gasteiger partial charge is 0.259 e. The molecule has 1 unspecified atom stereocenters. The molecule has 208 valence electrons. The van der Waals surface area contributed by atoms with Crippen LogP contribution in [0.4, 0.5) is 11.4 Å². The number of hydrogen-bond acceptors (Lipinski definition) is 5. The Morgan fingerprint density at radius 3 is 1.84 bits per heavy atom. The van der Waals surface area contributed by atoms with Crippen molar-refractivity contribution in [1.82, 2.24) is 24.0 Å². The van der Waals surface area contributed by atoms with Crippen LogP contribution in [0.1, 0.15) is 69.4 Å². The Morgan fingerprint density at radius 1 is 0.842 bits per heavy atom. The highest BCUT2D eigenvalue weighted by atomic mass is 32.2. The van der Waals surface area contributed by atoms with E-state index in [-0.39, 0.29) is 5.91 Å². The number of nitrogens with zero attached hydrogens (tertiary/aromatic N) is 5. The number of amides is 1. The third-order valence-corrected chi connectivity index (χ3v) is 6.98. The van der Waals surface area contributed by atoms with Crippen LogP contribution in [0.25, 0.3) is 0 Å². The molecule has 11 heteroatoms. The highest BCUT2D eigenvalue weighted by Gasteiger charge is 2.12. The van der Waals surface area contributed by atoms with Crippen LogP contribution in [-0.4, -0.2) is 45.2 Å². The fourth-order valence-electron chi connectivity index (χ4n) is 4.34. The first-order chi connectivity index (χ1) is 18.4. The lowest BCUT2D eigenvalue weighted by atomic mass is 10.1. The van der Waals surface area contributed by atoms with Crippen LogP contribution in [0, 0.1) is 0 Å². The van der Waals surface area contributed by atoms with E-state index in [2.05, 4.69) is 34.0 Å². The van der Waals surface area contributed by atoms with E-state index >= 15 is 0 Å². The van der Waals surface area contributed by atoms with Gasteiger partial charge in [0.25, 0.3) is 11.3 Å². The topological polar surface area (TPSA) is 117 Å². The molecule has 1 aromatic carbocycles. The zero-order valence-corrected chi connectivity index (χ0v) is 23.3. The highest BCUT2D eigenvalue weighted by Crippen LogP contribution is 2.16. The quantitative estimate of drug-likeness (QED) is 0.156. The Hall–Kier alpha value is -3.02. The van der Waals surface area contributed by atoms with E-state index in [1.165, 1.54) is 25.7 Å². The van der Waals surface area contributed by atoms with E-state index in [1.807, 2.05) is 38.9 Å². The number of aromatic nitrogens is 4. The lowest BCUT2D eigenvalue weighted by Crippen LogP contribution is -2.27. The van der Waals surface area contributed by atoms with Crippen LogP contribution in [0.15, 0.2) is 49.1 Å². The predicted molar refractivity (Wildman–Crippen MR) is 152 cm³/mol. The van der Waals surface area contributed by atoms with Gasteiger partial charge >= 0.3 is 0 Å². The molecule has 0 aliphatic heterocycles. The minimum absolute atomic E-state index is 0.00270. The third kappa shape index (κ3) is 10.8. The van der Waals surface area contributed by atoms with Gasteiger partial charge in [0.05, 0.1) is 13.1 Å². The Balaban J connectivity index is 1.23. The summed E-state index contributed by atoms with van der Waals surface area (Å²) in [5.41, 5.74) is 1.21. The van der Waals surface area contributed by atoms with Gasteiger partial charge in [0, 0.05) is 56.7 Å². The number of benzene rings is 1. The summed E-state index contributed by atoms with van der Waals surface area (Å²) >= 11 is -2.10. The number of imidazole rings is 2. The monoisotopic (exact) mass is 543 g/mol. The molecular weight excluding hydrogens is 502 g/mol. The number of carbonyl (C=O) groups is 1. The molecule has 2 heterocycles. The number of anilines is 2. The lowest BCUT2D eigenvalue weighted by Gasteiger charge is -2.21. The van der Waals surface area contributed by atoms with Crippen molar-refractivity contribution in [2.24, 2.45) is 14.1 Å². The first-order valence-electron chi connectivity index (χ1n) is 13.3. The third-order valence-electron chi connectivity index (χ3n) is 6.57. The first-order valence-corrected chi connectivity index (χ1v) is 14.4. The van der Waals surface area contributed by atoms with Crippen LogP contribution in [0.2, 0.25) is 0 Å². The van der Waals surface area contributed by atoms with E-state index in [0.29, 0.717) is 17.8 Å². The Kier molecular flexibility index (Phi) is 12.5. The van der Waals surface area contributed by atoms with Gasteiger partial charge < -0.3 is 14.5 Å². The van der Waals surface area contributed by atoms with Gasteiger partial charge in [0.15, 0.2) is 0 Å². The number of nitrogens with one attached hydrogen (secondary N) is 2. The summed E-state index contributed by atoms with van der Waals surface area (Å²) in [4.78, 5) is 23.6. The van der Waals surface area contributed by atoms with Gasteiger partial charge in [-0.1, -0.05) is 38.5 Å². The van der Waals surface area contributed by atoms with Crippen molar-refractivity contribution < 1.29 is 13.6 Å². The molecule has 2 aromatic heterocycles. The number of rotatable bonds is 18. The second kappa shape index (κ2) is 16.1. The molecule has 38 heavy (non-hydrogen) atoms. The molecule has 0 saturated heterocycles. The van der Waals surface area contributed by atoms with E-state index in [9.17, 15) is 9.00 Å². The molecule has 0 spiro atoms. The molecule has 0 bridgehead atoms. The molecule has 1 atom stereocenters. The van der Waals surface area contributed by atoms with E-state index in [4.69, 9.17) is 4.55 Å². The lowest BCUT2D eigenvalue weighted by molar-refractivity contribution is -0.116. The summed E-state index contributed by atoms with van der Waals surface area (Å²) in [5.74, 6) is 2.14. The maximum absolute atomic E-state index is 12.1. The molecule has 10 nitrogen and oxygen atoms in total. The maximum Gasteiger partial charge on any atom is 0.259 e. The van der Waals surface area contributed by atoms with Crippen molar-refractivity contribution >= 4 is 28.5 Å². The van der Waals surface area contributed by atoms with Crippen molar-refractivity contribution in [3.63, 3.8) is 0 Å². The van der Waals surface area contributed by atoms with Crippen molar-refractivity contribution in [3.05, 3.63) is 60.7 Å². The molecule has 0 fully saturated rings. The fourth-order valence-corrected chi connectivity index (χ4v) is 4.68. The molecule has 3 N–H and O–H groups in total. The van der Waals surface area contributed by atoms with Crippen LogP contribution < -0.4 is 10.0 Å². The maximum atomic E-state index is 12.1. The molecule has 3 rings (SSSR count). The van der Waals surface area contributed by atoms with Gasteiger partial charge in [-0.25, -0.2) is 14.2 Å². The van der Waals surface area contributed by atoms with Gasteiger partial charge in [-0.2, -0.15) is 0 Å². The van der Waals surface area contributed by atoms with E-state index in [1.54, 1.807) is 24.3 Å². The average molecular weight is 544 g/mol. The Bertz CT molecular complexity index is 1090. The summed E-state index contributed by atoms with van der Waals surface area (Å²) in [5, 5.41) is 2.87. The van der Waals surface area contributed by atoms with Crippen LogP contribution in [0.5, 0.6) is 0 Å². The van der Waals surface area contributed by atoms with Crippen molar-refractivity contribution in [3.8, 4) is 0 Å². The fraction of sp³-hybridized carbons (Fsp3) is 0.519. The van der Waals surface area contributed by atoms with Crippen LogP contribution in [0.3, 0.4) is 0 Å². The van der Waals surface area contributed by atoms with Crippen molar-refractivity contribution in [2.45, 2.75) is 70.9 Å². The molecule has 0 saturated carbocycles. The van der Waals surface area contributed by atoms with Crippen LogP contribution in [-0.2, 0) is 43.2 Å². The minimum Gasteiger partial charge on any atom is -0.337 e. The summed E-state index contributed by atoms with van der Waals surface area (Å²) in [6, 6.07) is 6.73. The average Bonchev–Trinajstić information content (AvgIpc) is 3.48. The van der Waals surface area contributed by atoms with Gasteiger partial charge in [0.2, 0.25) is 5.91 Å². The number of aryl methyl sites for hydroxylation is 2. The highest BCUT2D eigenvalue weighted by molar-refractivity contribution is 7.80. The van der Waals surface area contributed by atoms with Crippen molar-refractivity contribution in [1.29, 1.82) is 0 Å². The summed E-state index contributed by atoms with van der Waals surface area (Å²) in [6.45, 7) is 2.66. The molecule has 0 aliphatic carbocycles. The molecule has 0 radical (unpaired) electrons. The number of hydrogen-bond donors (Lipinski definition) is 3. The standard InChI is InChI=1S/C27H41N7O3S/c1-32-19-16-28-25(32)21-34(22-26-29-17-20-33(26)2)18-10-8-6-4-3-5-7-9-11-27(35)30-23-12-14-24(15-13-23)31-38(36)37/h12-17,19-20,31H,3-11,18,21-22H2,1-2H3,(H,30,35)(H,36,37). The summed E-state index contributed by atoms with van der Waals surface area (Å²) in [7, 11) is 4.08. The van der Waals surface area contributed by atoms with E-state index < -0.39 is 11.3 Å². The Morgan fingerprint density at radius 2 is 1.34 bits per heavy atom. The predicted octanol–water partition coefficient (Wildman–Crippen LogP) is 4.85. The van der Waals surface area contributed by atoms with E-state index in [0.717, 1.165) is 57.0 Å². The van der Waals surface area contributed by atoms with Gasteiger partial charge in [-0.15, -0.1) is 0 Å².